The first-order chi connectivity index (χ1) is 9.63. The molecule has 0 aliphatic carbocycles. The summed E-state index contributed by atoms with van der Waals surface area (Å²) in [6, 6.07) is 16.1. The van der Waals surface area contributed by atoms with Crippen LogP contribution in [0.15, 0.2) is 48.5 Å². The molecule has 0 aromatic heterocycles. The minimum absolute atomic E-state index is 0.0253. The molecule has 0 heterocycles. The largest absolute Gasteiger partial charge is 0.325 e. The average molecular weight is 268 g/mol. The highest BCUT2D eigenvalue weighted by Crippen LogP contribution is 2.09. The molecule has 0 unspecified atom stereocenters. The fourth-order valence-electron chi connectivity index (χ4n) is 1.95. The average Bonchev–Trinajstić information content (AvgIpc) is 2.41. The van der Waals surface area contributed by atoms with E-state index in [9.17, 15) is 4.79 Å². The summed E-state index contributed by atoms with van der Waals surface area (Å²) in [6.07, 6.45) is 0. The van der Waals surface area contributed by atoms with E-state index in [0.29, 0.717) is 13.1 Å². The zero-order valence-corrected chi connectivity index (χ0v) is 11.9. The van der Waals surface area contributed by atoms with Crippen LogP contribution in [0.2, 0.25) is 0 Å². The number of amides is 1. The molecule has 2 aromatic carbocycles. The highest BCUT2D eigenvalue weighted by Gasteiger charge is 2.02. The molecule has 0 fully saturated rings. The van der Waals surface area contributed by atoms with Gasteiger partial charge in [0.05, 0.1) is 6.54 Å². The molecule has 2 aromatic rings. The summed E-state index contributed by atoms with van der Waals surface area (Å²) in [6.45, 7) is 5.07. The molecule has 104 valence electrons. The maximum atomic E-state index is 11.8. The second kappa shape index (κ2) is 6.87. The number of carbonyl (C=O) groups is 1. The van der Waals surface area contributed by atoms with Gasteiger partial charge < -0.3 is 10.6 Å². The van der Waals surface area contributed by atoms with Crippen LogP contribution >= 0.6 is 0 Å². The fraction of sp³-hybridized carbons (Fsp3) is 0.235. The van der Waals surface area contributed by atoms with Gasteiger partial charge in [-0.3, -0.25) is 4.79 Å². The molecule has 1 amide bonds. The molecule has 2 N–H and O–H groups in total. The number of carbonyl (C=O) groups excluding carboxylic acids is 1. The lowest BCUT2D eigenvalue weighted by Gasteiger charge is -2.07. The van der Waals surface area contributed by atoms with Gasteiger partial charge >= 0.3 is 0 Å². The van der Waals surface area contributed by atoms with Crippen LogP contribution in [0.3, 0.4) is 0 Å². The van der Waals surface area contributed by atoms with Gasteiger partial charge in [-0.05, 0) is 37.1 Å². The Bertz CT molecular complexity index is 576. The maximum Gasteiger partial charge on any atom is 0.238 e. The van der Waals surface area contributed by atoms with Crippen molar-refractivity contribution in [1.82, 2.24) is 5.32 Å². The molecule has 0 radical (unpaired) electrons. The third-order valence-corrected chi connectivity index (χ3v) is 3.04. The lowest BCUT2D eigenvalue weighted by atomic mass is 10.1. The number of anilines is 1. The van der Waals surface area contributed by atoms with E-state index in [1.165, 1.54) is 11.1 Å². The molecular formula is C17H20N2O. The SMILES string of the molecule is Cc1ccc(CNCC(=O)Nc2cccc(C)c2)cc1. The van der Waals surface area contributed by atoms with Crippen molar-refractivity contribution in [3.8, 4) is 0 Å². The van der Waals surface area contributed by atoms with Gasteiger partial charge in [0, 0.05) is 12.2 Å². The Balaban J connectivity index is 1.76. The lowest BCUT2D eigenvalue weighted by Crippen LogP contribution is -2.27. The molecule has 0 spiro atoms. The van der Waals surface area contributed by atoms with E-state index in [1.807, 2.05) is 31.2 Å². The Morgan fingerprint density at radius 3 is 2.45 bits per heavy atom. The molecule has 0 atom stereocenters. The van der Waals surface area contributed by atoms with Crippen LogP contribution in [-0.2, 0) is 11.3 Å². The van der Waals surface area contributed by atoms with Crippen molar-refractivity contribution in [2.24, 2.45) is 0 Å². The molecule has 20 heavy (non-hydrogen) atoms. The van der Waals surface area contributed by atoms with Crippen molar-refractivity contribution in [2.45, 2.75) is 20.4 Å². The van der Waals surface area contributed by atoms with Crippen LogP contribution in [0.4, 0.5) is 5.69 Å². The van der Waals surface area contributed by atoms with Gasteiger partial charge in [0.15, 0.2) is 0 Å². The summed E-state index contributed by atoms with van der Waals surface area (Å²) in [5.41, 5.74) is 4.40. The van der Waals surface area contributed by atoms with E-state index in [2.05, 4.69) is 41.8 Å². The third-order valence-electron chi connectivity index (χ3n) is 3.04. The van der Waals surface area contributed by atoms with Crippen molar-refractivity contribution < 1.29 is 4.79 Å². The van der Waals surface area contributed by atoms with Crippen molar-refractivity contribution in [3.05, 3.63) is 65.2 Å². The van der Waals surface area contributed by atoms with Crippen LogP contribution in [0.25, 0.3) is 0 Å². The second-order valence-corrected chi connectivity index (χ2v) is 5.01. The molecule has 3 heteroatoms. The van der Waals surface area contributed by atoms with Crippen LogP contribution < -0.4 is 10.6 Å². The lowest BCUT2D eigenvalue weighted by molar-refractivity contribution is -0.115. The van der Waals surface area contributed by atoms with E-state index in [4.69, 9.17) is 0 Å². The number of hydrogen-bond acceptors (Lipinski definition) is 2. The first-order valence-corrected chi connectivity index (χ1v) is 6.76. The minimum Gasteiger partial charge on any atom is -0.325 e. The highest BCUT2D eigenvalue weighted by atomic mass is 16.1. The zero-order chi connectivity index (χ0) is 14.4. The number of nitrogens with one attached hydrogen (secondary N) is 2. The minimum atomic E-state index is -0.0253. The topological polar surface area (TPSA) is 41.1 Å². The second-order valence-electron chi connectivity index (χ2n) is 5.01. The quantitative estimate of drug-likeness (QED) is 0.875. The number of benzene rings is 2. The normalized spacial score (nSPS) is 10.3. The van der Waals surface area contributed by atoms with Crippen molar-refractivity contribution in [1.29, 1.82) is 0 Å². The molecule has 0 aliphatic heterocycles. The summed E-state index contributed by atoms with van der Waals surface area (Å²) >= 11 is 0. The Labute approximate surface area is 120 Å². The van der Waals surface area contributed by atoms with Gasteiger partial charge in [0.25, 0.3) is 0 Å². The summed E-state index contributed by atoms with van der Waals surface area (Å²) in [7, 11) is 0. The Hall–Kier alpha value is -2.13. The molecule has 0 aliphatic rings. The van der Waals surface area contributed by atoms with Crippen molar-refractivity contribution in [3.63, 3.8) is 0 Å². The summed E-state index contributed by atoms with van der Waals surface area (Å²) in [5.74, 6) is -0.0253. The third kappa shape index (κ3) is 4.52. The summed E-state index contributed by atoms with van der Waals surface area (Å²) in [5, 5.41) is 6.02. The molecule has 0 saturated carbocycles. The van der Waals surface area contributed by atoms with Crippen LogP contribution in [0.5, 0.6) is 0 Å². The zero-order valence-electron chi connectivity index (χ0n) is 11.9. The van der Waals surface area contributed by atoms with E-state index in [-0.39, 0.29) is 5.91 Å². The molecule has 0 saturated heterocycles. The molecule has 0 bridgehead atoms. The van der Waals surface area contributed by atoms with Crippen LogP contribution in [0, 0.1) is 13.8 Å². The first-order valence-electron chi connectivity index (χ1n) is 6.76. The summed E-state index contributed by atoms with van der Waals surface area (Å²) < 4.78 is 0. The number of rotatable bonds is 5. The Kier molecular flexibility index (Phi) is 4.91. The Morgan fingerprint density at radius 2 is 1.75 bits per heavy atom. The number of hydrogen-bond donors (Lipinski definition) is 2. The first kappa shape index (κ1) is 14.3. The van der Waals surface area contributed by atoms with Gasteiger partial charge in [-0.1, -0.05) is 42.0 Å². The van der Waals surface area contributed by atoms with Crippen molar-refractivity contribution >= 4 is 11.6 Å². The van der Waals surface area contributed by atoms with E-state index in [0.717, 1.165) is 11.3 Å². The molecule has 3 nitrogen and oxygen atoms in total. The van der Waals surface area contributed by atoms with Gasteiger partial charge in [-0.2, -0.15) is 0 Å². The van der Waals surface area contributed by atoms with Gasteiger partial charge in [-0.15, -0.1) is 0 Å². The Morgan fingerprint density at radius 1 is 1.00 bits per heavy atom. The van der Waals surface area contributed by atoms with E-state index in [1.54, 1.807) is 0 Å². The van der Waals surface area contributed by atoms with Gasteiger partial charge in [0.2, 0.25) is 5.91 Å². The van der Waals surface area contributed by atoms with Gasteiger partial charge in [-0.25, -0.2) is 0 Å². The van der Waals surface area contributed by atoms with Crippen LogP contribution in [0.1, 0.15) is 16.7 Å². The fourth-order valence-corrected chi connectivity index (χ4v) is 1.95. The highest BCUT2D eigenvalue weighted by molar-refractivity contribution is 5.92. The van der Waals surface area contributed by atoms with Crippen molar-refractivity contribution in [2.75, 3.05) is 11.9 Å². The van der Waals surface area contributed by atoms with Crippen LogP contribution in [-0.4, -0.2) is 12.5 Å². The maximum absolute atomic E-state index is 11.8. The van der Waals surface area contributed by atoms with E-state index < -0.39 is 0 Å². The predicted molar refractivity (Wildman–Crippen MR) is 82.7 cm³/mol. The standard InChI is InChI=1S/C17H20N2O/c1-13-6-8-15(9-7-13)11-18-12-17(20)19-16-5-3-4-14(2)10-16/h3-10,18H,11-12H2,1-2H3,(H,19,20). The van der Waals surface area contributed by atoms with E-state index >= 15 is 0 Å². The summed E-state index contributed by atoms with van der Waals surface area (Å²) in [4.78, 5) is 11.8. The monoisotopic (exact) mass is 268 g/mol. The predicted octanol–water partition coefficient (Wildman–Crippen LogP) is 3.03. The number of aryl methyl sites for hydroxylation is 2. The molecular weight excluding hydrogens is 248 g/mol. The van der Waals surface area contributed by atoms with Gasteiger partial charge in [0.1, 0.15) is 0 Å². The molecule has 2 rings (SSSR count). The smallest absolute Gasteiger partial charge is 0.238 e.